The molecule has 0 amide bonds. The molecule has 2 aliphatic rings. The number of ether oxygens (including phenoxy) is 1. The van der Waals surface area contributed by atoms with Gasteiger partial charge in [0.2, 0.25) is 0 Å². The average Bonchev–Trinajstić information content (AvgIpc) is 2.85. The van der Waals surface area contributed by atoms with E-state index in [1.54, 1.807) is 0 Å². The Bertz CT molecular complexity index is 404. The molecule has 2 heteroatoms. The molecule has 1 aliphatic heterocycles. The predicted octanol–water partition coefficient (Wildman–Crippen LogP) is 2.69. The highest BCUT2D eigenvalue weighted by Crippen LogP contribution is 2.36. The summed E-state index contributed by atoms with van der Waals surface area (Å²) < 4.78 is 5.64. The molecule has 1 heterocycles. The van der Waals surface area contributed by atoms with E-state index < -0.39 is 0 Å². The molecule has 2 nitrogen and oxygen atoms in total. The molecule has 1 N–H and O–H groups in total. The van der Waals surface area contributed by atoms with Crippen LogP contribution < -0.4 is 5.32 Å². The van der Waals surface area contributed by atoms with E-state index in [0.717, 1.165) is 13.0 Å². The lowest BCUT2D eigenvalue weighted by Gasteiger charge is -2.25. The summed E-state index contributed by atoms with van der Waals surface area (Å²) >= 11 is 0. The van der Waals surface area contributed by atoms with E-state index in [1.807, 2.05) is 0 Å². The summed E-state index contributed by atoms with van der Waals surface area (Å²) in [4.78, 5) is 0. The minimum atomic E-state index is 0.356. The zero-order chi connectivity index (χ0) is 11.8. The first kappa shape index (κ1) is 11.2. The Labute approximate surface area is 103 Å². The lowest BCUT2D eigenvalue weighted by molar-refractivity contribution is 0.109. The fourth-order valence-corrected chi connectivity index (χ4v) is 3.23. The van der Waals surface area contributed by atoms with E-state index >= 15 is 0 Å². The van der Waals surface area contributed by atoms with E-state index in [1.165, 1.54) is 17.5 Å². The van der Waals surface area contributed by atoms with Gasteiger partial charge in [0.05, 0.1) is 6.10 Å². The van der Waals surface area contributed by atoms with Gasteiger partial charge in [-0.1, -0.05) is 31.2 Å². The van der Waals surface area contributed by atoms with Gasteiger partial charge in [0, 0.05) is 18.7 Å². The molecule has 1 aromatic rings. The predicted molar refractivity (Wildman–Crippen MR) is 69.0 cm³/mol. The second-order valence-corrected chi connectivity index (χ2v) is 5.50. The van der Waals surface area contributed by atoms with E-state index in [0.29, 0.717) is 24.1 Å². The molecule has 4 atom stereocenters. The zero-order valence-electron chi connectivity index (χ0n) is 10.6. The standard InChI is InChI=1S/C15H21NO/c1-10-9-12-5-3-4-6-13(12)15(10)16-14-7-8-17-11(14)2/h3-6,10-11,14-16H,7-9H2,1-2H3/t10-,11+,14-,15-/m1/s1. The molecule has 0 unspecified atom stereocenters. The number of nitrogens with one attached hydrogen (secondary N) is 1. The topological polar surface area (TPSA) is 21.3 Å². The molecule has 1 aromatic carbocycles. The third-order valence-electron chi connectivity index (χ3n) is 4.27. The molecule has 17 heavy (non-hydrogen) atoms. The van der Waals surface area contributed by atoms with E-state index in [4.69, 9.17) is 4.74 Å². The normalized spacial score (nSPS) is 36.1. The monoisotopic (exact) mass is 231 g/mol. The Hall–Kier alpha value is -0.860. The van der Waals surface area contributed by atoms with Crippen molar-refractivity contribution in [3.63, 3.8) is 0 Å². The summed E-state index contributed by atoms with van der Waals surface area (Å²) in [6, 6.07) is 9.88. The van der Waals surface area contributed by atoms with Gasteiger partial charge in [-0.15, -0.1) is 0 Å². The van der Waals surface area contributed by atoms with Gasteiger partial charge in [0.15, 0.2) is 0 Å². The number of rotatable bonds is 2. The highest BCUT2D eigenvalue weighted by Gasteiger charge is 2.33. The van der Waals surface area contributed by atoms with Crippen LogP contribution in [0.15, 0.2) is 24.3 Å². The van der Waals surface area contributed by atoms with Crippen LogP contribution in [0.2, 0.25) is 0 Å². The average molecular weight is 231 g/mol. The molecule has 92 valence electrons. The minimum Gasteiger partial charge on any atom is -0.377 e. The van der Waals surface area contributed by atoms with Crippen LogP contribution >= 0.6 is 0 Å². The van der Waals surface area contributed by atoms with E-state index in [-0.39, 0.29) is 0 Å². The van der Waals surface area contributed by atoms with Gasteiger partial charge in [-0.2, -0.15) is 0 Å². The highest BCUT2D eigenvalue weighted by atomic mass is 16.5. The zero-order valence-corrected chi connectivity index (χ0v) is 10.6. The van der Waals surface area contributed by atoms with Crippen molar-refractivity contribution < 1.29 is 4.74 Å². The lowest BCUT2D eigenvalue weighted by Crippen LogP contribution is -2.38. The van der Waals surface area contributed by atoms with Gasteiger partial charge in [-0.05, 0) is 36.8 Å². The highest BCUT2D eigenvalue weighted by molar-refractivity contribution is 5.35. The van der Waals surface area contributed by atoms with Crippen molar-refractivity contribution in [1.82, 2.24) is 5.32 Å². The van der Waals surface area contributed by atoms with Gasteiger partial charge in [-0.25, -0.2) is 0 Å². The first-order valence-electron chi connectivity index (χ1n) is 6.71. The summed E-state index contributed by atoms with van der Waals surface area (Å²) in [6.07, 6.45) is 2.71. The second-order valence-electron chi connectivity index (χ2n) is 5.50. The molecule has 0 spiro atoms. The van der Waals surface area contributed by atoms with Gasteiger partial charge < -0.3 is 10.1 Å². The van der Waals surface area contributed by atoms with Crippen molar-refractivity contribution in [3.8, 4) is 0 Å². The van der Waals surface area contributed by atoms with Crippen LogP contribution in [-0.4, -0.2) is 18.8 Å². The van der Waals surface area contributed by atoms with Crippen LogP contribution in [0, 0.1) is 5.92 Å². The molecule has 1 aliphatic carbocycles. The maximum absolute atomic E-state index is 5.64. The van der Waals surface area contributed by atoms with Crippen molar-refractivity contribution in [2.45, 2.75) is 44.9 Å². The van der Waals surface area contributed by atoms with Crippen molar-refractivity contribution in [1.29, 1.82) is 0 Å². The summed E-state index contributed by atoms with van der Waals surface area (Å²) in [5.74, 6) is 0.695. The summed E-state index contributed by atoms with van der Waals surface area (Å²) in [5, 5.41) is 3.81. The lowest BCUT2D eigenvalue weighted by atomic mass is 10.00. The molecule has 1 saturated heterocycles. The van der Waals surface area contributed by atoms with Gasteiger partial charge in [0.1, 0.15) is 0 Å². The Morgan fingerprint density at radius 1 is 1.24 bits per heavy atom. The quantitative estimate of drug-likeness (QED) is 0.845. The fourth-order valence-electron chi connectivity index (χ4n) is 3.23. The van der Waals surface area contributed by atoms with Gasteiger partial charge >= 0.3 is 0 Å². The number of benzene rings is 1. The van der Waals surface area contributed by atoms with Crippen LogP contribution in [0.1, 0.15) is 37.4 Å². The van der Waals surface area contributed by atoms with Crippen molar-refractivity contribution in [3.05, 3.63) is 35.4 Å². The number of hydrogen-bond acceptors (Lipinski definition) is 2. The molecule has 0 bridgehead atoms. The smallest absolute Gasteiger partial charge is 0.0700 e. The first-order valence-corrected chi connectivity index (χ1v) is 6.71. The molecule has 3 rings (SSSR count). The molecule has 0 saturated carbocycles. The minimum absolute atomic E-state index is 0.356. The third kappa shape index (κ3) is 2.00. The van der Waals surface area contributed by atoms with Crippen LogP contribution in [0.5, 0.6) is 0 Å². The number of hydrogen-bond donors (Lipinski definition) is 1. The molecular formula is C15H21NO. The maximum atomic E-state index is 5.64. The Morgan fingerprint density at radius 3 is 2.82 bits per heavy atom. The summed E-state index contributed by atoms with van der Waals surface area (Å²) in [6.45, 7) is 5.43. The van der Waals surface area contributed by atoms with Crippen LogP contribution in [-0.2, 0) is 11.2 Å². The fraction of sp³-hybridized carbons (Fsp3) is 0.600. The molecule has 1 fully saturated rings. The van der Waals surface area contributed by atoms with Crippen LogP contribution in [0.25, 0.3) is 0 Å². The molecule has 0 aromatic heterocycles. The molecular weight excluding hydrogens is 210 g/mol. The SMILES string of the molecule is C[C@@H]1Cc2ccccc2[C@@H]1N[C@@H]1CCO[C@H]1C. The first-order chi connectivity index (χ1) is 8.25. The third-order valence-corrected chi connectivity index (χ3v) is 4.27. The van der Waals surface area contributed by atoms with Crippen LogP contribution in [0.4, 0.5) is 0 Å². The maximum Gasteiger partial charge on any atom is 0.0700 e. The molecule has 0 radical (unpaired) electrons. The van der Waals surface area contributed by atoms with E-state index in [2.05, 4.69) is 43.4 Å². The summed E-state index contributed by atoms with van der Waals surface area (Å²) in [5.41, 5.74) is 3.02. The summed E-state index contributed by atoms with van der Waals surface area (Å²) in [7, 11) is 0. The van der Waals surface area contributed by atoms with Crippen molar-refractivity contribution >= 4 is 0 Å². The Morgan fingerprint density at radius 2 is 2.06 bits per heavy atom. The van der Waals surface area contributed by atoms with E-state index in [9.17, 15) is 0 Å². The Kier molecular flexibility index (Phi) is 2.93. The van der Waals surface area contributed by atoms with Crippen molar-refractivity contribution in [2.75, 3.05) is 6.61 Å². The van der Waals surface area contributed by atoms with Gasteiger partial charge in [0.25, 0.3) is 0 Å². The van der Waals surface area contributed by atoms with Gasteiger partial charge in [-0.3, -0.25) is 0 Å². The van der Waals surface area contributed by atoms with Crippen molar-refractivity contribution in [2.24, 2.45) is 5.92 Å². The second kappa shape index (κ2) is 4.43. The number of fused-ring (bicyclic) bond motifs is 1. The largest absolute Gasteiger partial charge is 0.377 e. The Balaban J connectivity index is 1.79. The van der Waals surface area contributed by atoms with Crippen LogP contribution in [0.3, 0.4) is 0 Å².